The van der Waals surface area contributed by atoms with Crippen LogP contribution in [-0.2, 0) is 0 Å². The van der Waals surface area contributed by atoms with Crippen LogP contribution in [0.1, 0.15) is 36.0 Å². The van der Waals surface area contributed by atoms with Gasteiger partial charge in [0, 0.05) is 12.1 Å². The Bertz CT molecular complexity index is 1210. The summed E-state index contributed by atoms with van der Waals surface area (Å²) in [7, 11) is 0. The first-order chi connectivity index (χ1) is 15.5. The minimum absolute atomic E-state index is 0.0375. The van der Waals surface area contributed by atoms with Gasteiger partial charge in [0.15, 0.2) is 5.82 Å². The van der Waals surface area contributed by atoms with E-state index in [1.54, 1.807) is 0 Å². The van der Waals surface area contributed by atoms with Gasteiger partial charge in [0.1, 0.15) is 5.82 Å². The van der Waals surface area contributed by atoms with Crippen molar-refractivity contribution in [1.82, 2.24) is 15.3 Å². The highest BCUT2D eigenvalue weighted by Crippen LogP contribution is 2.37. The Hall–Kier alpha value is -2.59. The molecule has 1 aliphatic carbocycles. The largest absolute Gasteiger partial charge is 0.391 e. The average molecular weight is 507 g/mol. The van der Waals surface area contributed by atoms with Gasteiger partial charge in [-0.2, -0.15) is 13.2 Å². The highest BCUT2D eigenvalue weighted by Gasteiger charge is 2.41. The Balaban J connectivity index is 1.50. The molecule has 0 aliphatic heterocycles. The van der Waals surface area contributed by atoms with Crippen molar-refractivity contribution in [3.05, 3.63) is 51.5 Å². The second-order valence-corrected chi connectivity index (χ2v) is 8.66. The Morgan fingerprint density at radius 3 is 2.39 bits per heavy atom. The van der Waals surface area contributed by atoms with Crippen LogP contribution in [0.4, 0.5) is 33.6 Å². The third kappa shape index (κ3) is 5.01. The third-order valence-corrected chi connectivity index (χ3v) is 6.23. The number of amides is 1. The molecule has 1 heterocycles. The Morgan fingerprint density at radius 1 is 1.06 bits per heavy atom. The zero-order valence-electron chi connectivity index (χ0n) is 16.8. The first-order valence-corrected chi connectivity index (χ1v) is 10.8. The van der Waals surface area contributed by atoms with Crippen molar-refractivity contribution in [3.63, 3.8) is 0 Å². The number of rotatable bonds is 4. The number of fused-ring (bicyclic) bond motifs is 1. The van der Waals surface area contributed by atoms with Crippen molar-refractivity contribution in [2.45, 2.75) is 37.9 Å². The molecule has 1 saturated carbocycles. The van der Waals surface area contributed by atoms with Gasteiger partial charge in [-0.3, -0.25) is 4.79 Å². The number of imidazole rings is 1. The van der Waals surface area contributed by atoms with Crippen LogP contribution in [0.15, 0.2) is 24.3 Å². The third-order valence-electron chi connectivity index (χ3n) is 5.63. The molecule has 1 amide bonds. The predicted molar refractivity (Wildman–Crippen MR) is 115 cm³/mol. The number of H-pyrrole nitrogens is 1. The van der Waals surface area contributed by atoms with Crippen LogP contribution in [-0.4, -0.2) is 28.1 Å². The molecule has 3 aromatic rings. The number of carbonyl (C=O) groups excluding carboxylic acids is 1. The van der Waals surface area contributed by atoms with E-state index in [2.05, 4.69) is 20.6 Å². The number of carbonyl (C=O) groups is 1. The van der Waals surface area contributed by atoms with Gasteiger partial charge in [0.25, 0.3) is 5.91 Å². The van der Waals surface area contributed by atoms with Crippen LogP contribution in [0.5, 0.6) is 0 Å². The summed E-state index contributed by atoms with van der Waals surface area (Å²) in [5, 5.41) is 5.13. The second kappa shape index (κ2) is 8.98. The number of nitrogens with zero attached hydrogens (tertiary/aromatic N) is 1. The highest BCUT2D eigenvalue weighted by molar-refractivity contribution is 6.35. The number of aromatic amines is 1. The molecule has 0 bridgehead atoms. The van der Waals surface area contributed by atoms with E-state index in [0.717, 1.165) is 6.07 Å². The van der Waals surface area contributed by atoms with Gasteiger partial charge in [0.2, 0.25) is 5.95 Å². The fraction of sp³-hybridized carbons (Fsp3) is 0.333. The fourth-order valence-corrected chi connectivity index (χ4v) is 4.20. The van der Waals surface area contributed by atoms with E-state index < -0.39 is 35.7 Å². The van der Waals surface area contributed by atoms with Gasteiger partial charge in [-0.25, -0.2) is 13.8 Å². The van der Waals surface area contributed by atoms with Gasteiger partial charge in [-0.1, -0.05) is 23.2 Å². The van der Waals surface area contributed by atoms with Crippen molar-refractivity contribution in [2.24, 2.45) is 5.92 Å². The Labute approximate surface area is 194 Å². The molecular weight excluding hydrogens is 490 g/mol. The number of hydrogen-bond acceptors (Lipinski definition) is 3. The Morgan fingerprint density at radius 2 is 1.73 bits per heavy atom. The quantitative estimate of drug-likeness (QED) is 0.271. The summed E-state index contributed by atoms with van der Waals surface area (Å²) in [6, 6.07) is 4.47. The number of nitrogens with one attached hydrogen (secondary N) is 3. The summed E-state index contributed by atoms with van der Waals surface area (Å²) >= 11 is 11.8. The SMILES string of the molecule is O=C(N[C@H]1CC[C@H](C(F)(F)F)CC1)c1cc2nc(Nc3c(Cl)ccc(Cl)c3F)[nH]c2cc1F. The van der Waals surface area contributed by atoms with Crippen LogP contribution in [0.2, 0.25) is 10.0 Å². The molecule has 1 fully saturated rings. The zero-order chi connectivity index (χ0) is 23.9. The molecule has 176 valence electrons. The van der Waals surface area contributed by atoms with Crippen LogP contribution >= 0.6 is 23.2 Å². The standard InChI is InChI=1S/C21H17Cl2F5N4O/c22-12-5-6-13(23)18(17(12)25)32-20-30-15-7-11(14(24)8-16(15)31-20)19(33)29-10-3-1-9(2-4-10)21(26,27)28/h5-10H,1-4H2,(H,29,33)(H2,30,31,32)/t9-,10-. The minimum atomic E-state index is -4.25. The Kier molecular flexibility index (Phi) is 6.41. The van der Waals surface area contributed by atoms with Gasteiger partial charge >= 0.3 is 6.18 Å². The first-order valence-electron chi connectivity index (χ1n) is 10.00. The second-order valence-electron chi connectivity index (χ2n) is 7.84. The predicted octanol–water partition coefficient (Wildman–Crippen LogP) is 6.74. The topological polar surface area (TPSA) is 69.8 Å². The normalized spacial score (nSPS) is 19.0. The molecule has 12 heteroatoms. The van der Waals surface area contributed by atoms with Gasteiger partial charge in [-0.05, 0) is 43.9 Å². The smallest absolute Gasteiger partial charge is 0.349 e. The molecule has 33 heavy (non-hydrogen) atoms. The maximum absolute atomic E-state index is 14.6. The molecule has 1 aromatic heterocycles. The van der Waals surface area contributed by atoms with E-state index in [-0.39, 0.29) is 64.0 Å². The minimum Gasteiger partial charge on any atom is -0.349 e. The van der Waals surface area contributed by atoms with Crippen LogP contribution in [0.25, 0.3) is 11.0 Å². The lowest BCUT2D eigenvalue weighted by Gasteiger charge is -2.30. The van der Waals surface area contributed by atoms with Crippen molar-refractivity contribution < 1.29 is 26.7 Å². The van der Waals surface area contributed by atoms with Crippen molar-refractivity contribution in [3.8, 4) is 0 Å². The average Bonchev–Trinajstić information content (AvgIpc) is 3.14. The molecule has 2 aromatic carbocycles. The number of aromatic nitrogens is 2. The summed E-state index contributed by atoms with van der Waals surface area (Å²) in [5.74, 6) is -3.73. The van der Waals surface area contributed by atoms with Crippen molar-refractivity contribution >= 4 is 51.8 Å². The van der Waals surface area contributed by atoms with E-state index in [1.807, 2.05) is 0 Å². The summed E-state index contributed by atoms with van der Waals surface area (Å²) in [5.41, 5.74) is 0.0146. The molecule has 1 aliphatic rings. The van der Waals surface area contributed by atoms with Crippen molar-refractivity contribution in [2.75, 3.05) is 5.32 Å². The molecule has 0 atom stereocenters. The van der Waals surface area contributed by atoms with E-state index in [0.29, 0.717) is 0 Å². The zero-order valence-corrected chi connectivity index (χ0v) is 18.3. The molecule has 0 radical (unpaired) electrons. The van der Waals surface area contributed by atoms with Crippen LogP contribution < -0.4 is 10.6 Å². The summed E-state index contributed by atoms with van der Waals surface area (Å²) in [6.45, 7) is 0. The molecular formula is C21H17Cl2F5N4O. The number of alkyl halides is 3. The van der Waals surface area contributed by atoms with Gasteiger partial charge in [-0.15, -0.1) is 0 Å². The fourth-order valence-electron chi connectivity index (χ4n) is 3.85. The lowest BCUT2D eigenvalue weighted by molar-refractivity contribution is -0.182. The number of halogens is 7. The molecule has 0 saturated heterocycles. The van der Waals surface area contributed by atoms with Gasteiger partial charge < -0.3 is 15.6 Å². The van der Waals surface area contributed by atoms with Crippen molar-refractivity contribution in [1.29, 1.82) is 0 Å². The molecule has 5 nitrogen and oxygen atoms in total. The molecule has 4 rings (SSSR count). The number of anilines is 2. The van der Waals surface area contributed by atoms with Gasteiger partial charge in [0.05, 0.1) is 38.2 Å². The number of hydrogen-bond donors (Lipinski definition) is 3. The maximum Gasteiger partial charge on any atom is 0.391 e. The number of benzene rings is 2. The lowest BCUT2D eigenvalue weighted by atomic mass is 9.85. The van der Waals surface area contributed by atoms with E-state index in [9.17, 15) is 26.7 Å². The van der Waals surface area contributed by atoms with Crippen LogP contribution in [0.3, 0.4) is 0 Å². The molecule has 0 unspecified atom stereocenters. The van der Waals surface area contributed by atoms with E-state index >= 15 is 0 Å². The summed E-state index contributed by atoms with van der Waals surface area (Å²) in [4.78, 5) is 19.5. The maximum atomic E-state index is 14.6. The van der Waals surface area contributed by atoms with E-state index in [4.69, 9.17) is 23.2 Å². The first kappa shape index (κ1) is 23.6. The summed E-state index contributed by atoms with van der Waals surface area (Å²) < 4.78 is 67.3. The van der Waals surface area contributed by atoms with E-state index in [1.165, 1.54) is 18.2 Å². The van der Waals surface area contributed by atoms with Crippen LogP contribution in [0, 0.1) is 17.6 Å². The summed E-state index contributed by atoms with van der Waals surface area (Å²) in [6.07, 6.45) is -4.12. The monoisotopic (exact) mass is 506 g/mol. The molecule has 0 spiro atoms. The molecule has 3 N–H and O–H groups in total. The highest BCUT2D eigenvalue weighted by atomic mass is 35.5. The lowest BCUT2D eigenvalue weighted by Crippen LogP contribution is -2.40.